The maximum Gasteiger partial charge on any atom is 0.258 e. The Hall–Kier alpha value is -2.08. The van der Waals surface area contributed by atoms with Crippen LogP contribution in [0.3, 0.4) is 0 Å². The summed E-state index contributed by atoms with van der Waals surface area (Å²) < 4.78 is 6.42. The lowest BCUT2D eigenvalue weighted by atomic mass is 9.52. The first-order chi connectivity index (χ1) is 13.4. The normalized spacial score (nSPS) is 39.3. The summed E-state index contributed by atoms with van der Waals surface area (Å²) in [6.45, 7) is 3.35. The van der Waals surface area contributed by atoms with E-state index in [1.165, 1.54) is 0 Å². The third kappa shape index (κ3) is 2.65. The summed E-state index contributed by atoms with van der Waals surface area (Å²) in [6, 6.07) is 7.38. The van der Waals surface area contributed by atoms with E-state index >= 15 is 0 Å². The molecule has 3 aliphatic carbocycles. The zero-order valence-corrected chi connectivity index (χ0v) is 16.3. The molecule has 0 aromatic heterocycles. The first-order valence-electron chi connectivity index (χ1n) is 10.5. The van der Waals surface area contributed by atoms with Gasteiger partial charge >= 0.3 is 0 Å². The van der Waals surface area contributed by atoms with E-state index in [1.807, 2.05) is 23.1 Å². The first kappa shape index (κ1) is 18.0. The van der Waals surface area contributed by atoms with Gasteiger partial charge in [0.25, 0.3) is 5.91 Å². The predicted octanol–water partition coefficient (Wildman–Crippen LogP) is 2.31. The number of hydrogen-bond acceptors (Lipinski definition) is 4. The second-order valence-electron chi connectivity index (χ2n) is 9.38. The van der Waals surface area contributed by atoms with Crippen LogP contribution in [0.1, 0.15) is 55.8 Å². The highest BCUT2D eigenvalue weighted by atomic mass is 16.5. The minimum Gasteiger partial charge on any atom is -0.467 e. The molecule has 2 N–H and O–H groups in total. The first-order valence-corrected chi connectivity index (χ1v) is 10.5. The van der Waals surface area contributed by atoms with E-state index in [-0.39, 0.29) is 29.1 Å². The van der Waals surface area contributed by atoms with Gasteiger partial charge in [-0.3, -0.25) is 9.59 Å². The number of amides is 2. The number of fused-ring (bicyclic) bond motifs is 3. The van der Waals surface area contributed by atoms with E-state index < -0.39 is 11.8 Å². The molecule has 0 unspecified atom stereocenters. The summed E-state index contributed by atoms with van der Waals surface area (Å²) >= 11 is 0. The highest BCUT2D eigenvalue weighted by Gasteiger charge is 2.62. The molecule has 28 heavy (non-hydrogen) atoms. The van der Waals surface area contributed by atoms with Gasteiger partial charge < -0.3 is 20.1 Å². The monoisotopic (exact) mass is 384 g/mol. The number of aliphatic hydroxyl groups excluding tert-OH is 1. The fourth-order valence-electron chi connectivity index (χ4n) is 6.01. The third-order valence-electron chi connectivity index (χ3n) is 7.51. The van der Waals surface area contributed by atoms with Crippen LogP contribution in [0.4, 0.5) is 0 Å². The summed E-state index contributed by atoms with van der Waals surface area (Å²) in [6.07, 6.45) is 4.52. The SMILES string of the molecule is C[C@@]12CC[C@@H](C[C@@H]1C(=O)N1CCC[C@H](O)C1)[C@]1(C2)NC(=O)c2ccccc2O1. The lowest BCUT2D eigenvalue weighted by molar-refractivity contribution is -0.176. The van der Waals surface area contributed by atoms with Crippen molar-refractivity contribution in [3.63, 3.8) is 0 Å². The van der Waals surface area contributed by atoms with Gasteiger partial charge in [0.15, 0.2) is 5.72 Å². The summed E-state index contributed by atoms with van der Waals surface area (Å²) in [4.78, 5) is 27.9. The Balaban J connectivity index is 1.41. The van der Waals surface area contributed by atoms with E-state index in [1.54, 1.807) is 6.07 Å². The molecular formula is C22H28N2O4. The fourth-order valence-corrected chi connectivity index (χ4v) is 6.01. The smallest absolute Gasteiger partial charge is 0.258 e. The molecule has 6 heteroatoms. The van der Waals surface area contributed by atoms with Crippen molar-refractivity contribution in [2.24, 2.45) is 17.3 Å². The number of para-hydroxylation sites is 1. The van der Waals surface area contributed by atoms with Crippen molar-refractivity contribution in [3.8, 4) is 5.75 Å². The lowest BCUT2D eigenvalue weighted by Crippen LogP contribution is -2.69. The van der Waals surface area contributed by atoms with Gasteiger partial charge in [-0.15, -0.1) is 0 Å². The molecule has 1 spiro atoms. The molecule has 3 saturated carbocycles. The van der Waals surface area contributed by atoms with Crippen molar-refractivity contribution in [3.05, 3.63) is 29.8 Å². The largest absolute Gasteiger partial charge is 0.467 e. The van der Waals surface area contributed by atoms with Crippen LogP contribution in [0.25, 0.3) is 0 Å². The molecule has 0 radical (unpaired) electrons. The highest BCUT2D eigenvalue weighted by molar-refractivity contribution is 5.98. The van der Waals surface area contributed by atoms with Crippen molar-refractivity contribution in [2.75, 3.05) is 13.1 Å². The van der Waals surface area contributed by atoms with Crippen molar-refractivity contribution in [1.29, 1.82) is 0 Å². The minimum atomic E-state index is -0.712. The number of β-amino-alcohol motifs (C(OH)–C–C–N with tert-alkyl or cyclic N) is 1. The van der Waals surface area contributed by atoms with Crippen LogP contribution in [-0.2, 0) is 4.79 Å². The van der Waals surface area contributed by atoms with Gasteiger partial charge in [0.1, 0.15) is 5.75 Å². The number of likely N-dealkylation sites (tertiary alicyclic amines) is 1. The molecule has 1 aromatic rings. The Morgan fingerprint density at radius 2 is 2.14 bits per heavy atom. The molecule has 2 heterocycles. The quantitative estimate of drug-likeness (QED) is 0.779. The van der Waals surface area contributed by atoms with Gasteiger partial charge in [-0.05, 0) is 49.7 Å². The molecule has 5 atom stereocenters. The molecular weight excluding hydrogens is 356 g/mol. The number of nitrogens with zero attached hydrogens (tertiary/aromatic N) is 1. The summed E-state index contributed by atoms with van der Waals surface area (Å²) in [5, 5.41) is 13.1. The predicted molar refractivity (Wildman–Crippen MR) is 103 cm³/mol. The number of carbonyl (C=O) groups is 2. The Kier molecular flexibility index (Phi) is 3.99. The van der Waals surface area contributed by atoms with Crippen molar-refractivity contribution in [2.45, 2.75) is 57.3 Å². The van der Waals surface area contributed by atoms with Gasteiger partial charge in [0.05, 0.1) is 11.7 Å². The summed E-state index contributed by atoms with van der Waals surface area (Å²) in [5.41, 5.74) is -0.348. The number of hydrogen-bond donors (Lipinski definition) is 2. The lowest BCUT2D eigenvalue weighted by Gasteiger charge is -2.60. The number of ether oxygens (including phenoxy) is 1. The number of rotatable bonds is 1. The van der Waals surface area contributed by atoms with E-state index in [2.05, 4.69) is 12.2 Å². The minimum absolute atomic E-state index is 0.0696. The number of carbonyl (C=O) groups excluding carboxylic acids is 2. The zero-order chi connectivity index (χ0) is 19.5. The molecule has 1 aromatic carbocycles. The van der Waals surface area contributed by atoms with Crippen LogP contribution >= 0.6 is 0 Å². The van der Waals surface area contributed by atoms with Crippen LogP contribution < -0.4 is 10.1 Å². The average molecular weight is 384 g/mol. The fraction of sp³-hybridized carbons (Fsp3) is 0.636. The second-order valence-corrected chi connectivity index (χ2v) is 9.38. The van der Waals surface area contributed by atoms with Crippen LogP contribution in [0, 0.1) is 17.3 Å². The molecule has 2 aliphatic heterocycles. The average Bonchev–Trinajstić information content (AvgIpc) is 2.67. The van der Waals surface area contributed by atoms with Crippen molar-refractivity contribution in [1.82, 2.24) is 10.2 Å². The van der Waals surface area contributed by atoms with Gasteiger partial charge in [0.2, 0.25) is 5.91 Å². The molecule has 5 aliphatic rings. The Bertz CT molecular complexity index is 827. The molecule has 6 rings (SSSR count). The zero-order valence-electron chi connectivity index (χ0n) is 16.3. The maximum absolute atomic E-state index is 13.3. The third-order valence-corrected chi connectivity index (χ3v) is 7.51. The van der Waals surface area contributed by atoms with Gasteiger partial charge in [-0.25, -0.2) is 0 Å². The second kappa shape index (κ2) is 6.21. The Morgan fingerprint density at radius 3 is 2.93 bits per heavy atom. The van der Waals surface area contributed by atoms with Crippen molar-refractivity contribution >= 4 is 11.8 Å². The standard InChI is InChI=1S/C22H28N2O4/c1-21-9-8-14(11-17(21)20(27)24-10-4-5-15(25)12-24)22(13-21)23-19(26)16-6-2-3-7-18(16)28-22/h2-3,6-7,14-15,17,25H,4-5,8-13H2,1H3,(H,23,26)/t14-,15-,17+,21-,22+/m0/s1. The van der Waals surface area contributed by atoms with Gasteiger partial charge in [-0.2, -0.15) is 0 Å². The number of piperidine rings is 1. The van der Waals surface area contributed by atoms with E-state index in [4.69, 9.17) is 4.74 Å². The van der Waals surface area contributed by atoms with Gasteiger partial charge in [-0.1, -0.05) is 19.1 Å². The van der Waals surface area contributed by atoms with E-state index in [0.29, 0.717) is 24.3 Å². The molecule has 4 fully saturated rings. The molecule has 2 amide bonds. The molecule has 150 valence electrons. The molecule has 2 bridgehead atoms. The van der Waals surface area contributed by atoms with Crippen LogP contribution in [0.5, 0.6) is 5.75 Å². The molecule has 6 nitrogen and oxygen atoms in total. The van der Waals surface area contributed by atoms with Crippen LogP contribution in [0.2, 0.25) is 0 Å². The van der Waals surface area contributed by atoms with Crippen molar-refractivity contribution < 1.29 is 19.4 Å². The van der Waals surface area contributed by atoms with Crippen LogP contribution in [-0.4, -0.2) is 46.7 Å². The maximum atomic E-state index is 13.3. The van der Waals surface area contributed by atoms with E-state index in [0.717, 1.165) is 38.6 Å². The highest BCUT2D eigenvalue weighted by Crippen LogP contribution is 2.59. The Morgan fingerprint density at radius 1 is 1.32 bits per heavy atom. The summed E-state index contributed by atoms with van der Waals surface area (Å²) in [7, 11) is 0. The van der Waals surface area contributed by atoms with E-state index in [9.17, 15) is 14.7 Å². The number of nitrogens with one attached hydrogen (secondary N) is 1. The van der Waals surface area contributed by atoms with Crippen LogP contribution in [0.15, 0.2) is 24.3 Å². The Labute approximate surface area is 165 Å². The number of aliphatic hydroxyl groups is 1. The van der Waals surface area contributed by atoms with Gasteiger partial charge in [0, 0.05) is 31.3 Å². The topological polar surface area (TPSA) is 78.9 Å². The number of benzene rings is 1. The molecule has 1 saturated heterocycles. The summed E-state index contributed by atoms with van der Waals surface area (Å²) in [5.74, 6) is 0.780.